The van der Waals surface area contributed by atoms with Crippen LogP contribution in [0.1, 0.15) is 73.5 Å². The van der Waals surface area contributed by atoms with Gasteiger partial charge in [0, 0.05) is 32.2 Å². The lowest BCUT2D eigenvalue weighted by Crippen LogP contribution is -2.42. The lowest BCUT2D eigenvalue weighted by Gasteiger charge is -2.32. The lowest BCUT2D eigenvalue weighted by molar-refractivity contribution is 0.0526. The summed E-state index contributed by atoms with van der Waals surface area (Å²) < 4.78 is 27.6. The minimum absolute atomic E-state index is 0.0957. The van der Waals surface area contributed by atoms with E-state index < -0.39 is 29.0 Å². The van der Waals surface area contributed by atoms with Crippen LogP contribution in [-0.2, 0) is 11.3 Å². The van der Waals surface area contributed by atoms with Gasteiger partial charge in [0.2, 0.25) is 0 Å². The van der Waals surface area contributed by atoms with Gasteiger partial charge in [-0.15, -0.1) is 5.10 Å². The summed E-state index contributed by atoms with van der Waals surface area (Å²) in [6.45, 7) is 10.3. The highest BCUT2D eigenvalue weighted by molar-refractivity contribution is 6.07. The summed E-state index contributed by atoms with van der Waals surface area (Å²) in [4.78, 5) is 52.9. The predicted molar refractivity (Wildman–Crippen MR) is 157 cm³/mol. The summed E-state index contributed by atoms with van der Waals surface area (Å²) in [5, 5.41) is 20.2. The number of methoxy groups -OCH3 is 1. The average molecular weight is 601 g/mol. The Morgan fingerprint density at radius 3 is 2.56 bits per heavy atom. The number of hydrogen-bond donors (Lipinski definition) is 3. The van der Waals surface area contributed by atoms with Gasteiger partial charge in [-0.1, -0.05) is 6.07 Å². The van der Waals surface area contributed by atoms with E-state index >= 15 is 0 Å². The molecule has 43 heavy (non-hydrogen) atoms. The number of nitrogens with one attached hydrogen (secondary N) is 2. The van der Waals surface area contributed by atoms with Crippen LogP contribution < -0.4 is 20.9 Å². The number of carboxylic acids is 1. The number of benzene rings is 1. The molecule has 0 saturated heterocycles. The van der Waals surface area contributed by atoms with Gasteiger partial charge in [0.1, 0.15) is 22.3 Å². The van der Waals surface area contributed by atoms with Gasteiger partial charge in [-0.2, -0.15) is 0 Å². The largest absolute Gasteiger partial charge is 0.493 e. The number of rotatable bonds is 10. The fourth-order valence-electron chi connectivity index (χ4n) is 5.16. The minimum atomic E-state index is -1.35. The van der Waals surface area contributed by atoms with Crippen molar-refractivity contribution in [3.05, 3.63) is 51.2 Å². The Morgan fingerprint density at radius 2 is 1.93 bits per heavy atom. The Kier molecular flexibility index (Phi) is 8.97. The first kappa shape index (κ1) is 31.3. The first-order chi connectivity index (χ1) is 20.3. The summed E-state index contributed by atoms with van der Waals surface area (Å²) in [7, 11) is 1.38. The van der Waals surface area contributed by atoms with Crippen LogP contribution in [0, 0.1) is 5.82 Å². The van der Waals surface area contributed by atoms with Gasteiger partial charge < -0.3 is 34.7 Å². The molecule has 0 aliphatic carbocycles. The molecule has 4 rings (SSSR count). The number of aromatic carboxylic acids is 1. The topological polar surface area (TPSA) is 157 Å². The van der Waals surface area contributed by atoms with E-state index in [0.29, 0.717) is 31.6 Å². The third kappa shape index (κ3) is 6.42. The zero-order chi connectivity index (χ0) is 31.6. The Morgan fingerprint density at radius 1 is 1.21 bits per heavy atom. The molecule has 1 aromatic carbocycles. The van der Waals surface area contributed by atoms with E-state index in [-0.39, 0.29) is 58.8 Å². The maximum Gasteiger partial charge on any atom is 0.407 e. The van der Waals surface area contributed by atoms with E-state index in [1.165, 1.54) is 13.2 Å². The van der Waals surface area contributed by atoms with Crippen LogP contribution in [0.2, 0.25) is 0 Å². The summed E-state index contributed by atoms with van der Waals surface area (Å²) >= 11 is 0. The fourth-order valence-corrected chi connectivity index (χ4v) is 5.16. The Labute approximate surface area is 247 Å². The van der Waals surface area contributed by atoms with Gasteiger partial charge in [0.05, 0.1) is 19.2 Å². The molecule has 3 aromatic rings. The third-order valence-electron chi connectivity index (χ3n) is 6.99. The van der Waals surface area contributed by atoms with E-state index in [9.17, 15) is 28.7 Å². The first-order valence-electron chi connectivity index (χ1n) is 14.0. The molecular weight excluding hydrogens is 563 g/mol. The van der Waals surface area contributed by atoms with Gasteiger partial charge in [0.25, 0.3) is 11.5 Å². The highest BCUT2D eigenvalue weighted by Gasteiger charge is 2.37. The molecule has 13 nitrogen and oxygen atoms in total. The SMILES string of the molecule is CCN1CC(C)n2c(c(OC)c3c(=O)n(Cc4ccc(F)cc4C(=O)O)nc(NCCCNC(=O)OC(C)(C)C)c32)C1=O. The average Bonchev–Trinajstić information content (AvgIpc) is 3.29. The van der Waals surface area contributed by atoms with Crippen molar-refractivity contribution in [2.75, 3.05) is 38.6 Å². The first-order valence-corrected chi connectivity index (χ1v) is 14.0. The van der Waals surface area contributed by atoms with E-state index in [2.05, 4.69) is 15.7 Å². The number of fused-ring (bicyclic) bond motifs is 3. The van der Waals surface area contributed by atoms with Crippen molar-refractivity contribution in [3.63, 3.8) is 0 Å². The number of aromatic nitrogens is 3. The molecule has 0 bridgehead atoms. The molecule has 0 saturated carbocycles. The molecule has 2 amide bonds. The van der Waals surface area contributed by atoms with Crippen molar-refractivity contribution in [1.29, 1.82) is 0 Å². The second-order valence-corrected chi connectivity index (χ2v) is 11.3. The molecular formula is C29H37FN6O7. The highest BCUT2D eigenvalue weighted by atomic mass is 19.1. The summed E-state index contributed by atoms with van der Waals surface area (Å²) in [6, 6.07) is 3.06. The second kappa shape index (κ2) is 12.3. The molecule has 3 N–H and O–H groups in total. The number of halogens is 1. The maximum absolute atomic E-state index is 13.9. The van der Waals surface area contributed by atoms with Crippen molar-refractivity contribution in [1.82, 2.24) is 24.6 Å². The number of amides is 2. The monoisotopic (exact) mass is 600 g/mol. The van der Waals surface area contributed by atoms with Crippen LogP contribution in [0.4, 0.5) is 15.0 Å². The van der Waals surface area contributed by atoms with E-state index in [4.69, 9.17) is 9.47 Å². The number of carbonyl (C=O) groups is 3. The molecule has 14 heteroatoms. The number of ether oxygens (including phenoxy) is 2. The summed E-state index contributed by atoms with van der Waals surface area (Å²) in [6.07, 6.45) is -0.0841. The molecule has 2 aromatic heterocycles. The molecule has 0 radical (unpaired) electrons. The van der Waals surface area contributed by atoms with Crippen LogP contribution in [0.5, 0.6) is 5.75 Å². The standard InChI is InChI=1S/C29H37FN6O7/c1-7-34-14-16(2)36-21-20(23(42-6)22(36)26(34)38)25(37)35(15-17-9-10-18(30)13-19(17)27(39)40)33-24(21)31-11-8-12-32-28(41)43-29(3,4)5/h9-10,13,16H,7-8,11-12,14-15H2,1-6H3,(H,31,33)(H,32,41)(H,39,40). The van der Waals surface area contributed by atoms with Crippen LogP contribution in [-0.4, -0.2) is 81.2 Å². The molecule has 1 aliphatic rings. The molecule has 3 heterocycles. The lowest BCUT2D eigenvalue weighted by atomic mass is 10.1. The van der Waals surface area contributed by atoms with Crippen molar-refractivity contribution in [2.24, 2.45) is 0 Å². The van der Waals surface area contributed by atoms with Gasteiger partial charge in [-0.25, -0.2) is 18.7 Å². The van der Waals surface area contributed by atoms with Crippen molar-refractivity contribution >= 4 is 34.7 Å². The van der Waals surface area contributed by atoms with Crippen molar-refractivity contribution in [2.45, 2.75) is 59.2 Å². The number of likely N-dealkylation sites (N-methyl/N-ethyl adjacent to an activating group) is 1. The zero-order valence-corrected chi connectivity index (χ0v) is 25.1. The van der Waals surface area contributed by atoms with Gasteiger partial charge in [-0.05, 0) is 58.7 Å². The van der Waals surface area contributed by atoms with Crippen LogP contribution in [0.25, 0.3) is 10.9 Å². The van der Waals surface area contributed by atoms with Crippen LogP contribution in [0.3, 0.4) is 0 Å². The molecule has 0 spiro atoms. The maximum atomic E-state index is 13.9. The van der Waals surface area contributed by atoms with Gasteiger partial charge in [0.15, 0.2) is 17.3 Å². The van der Waals surface area contributed by atoms with Crippen LogP contribution >= 0.6 is 0 Å². The van der Waals surface area contributed by atoms with Gasteiger partial charge >= 0.3 is 12.1 Å². The number of alkyl carbamates (subject to hydrolysis) is 1. The highest BCUT2D eigenvalue weighted by Crippen LogP contribution is 2.39. The van der Waals surface area contributed by atoms with Gasteiger partial charge in [-0.3, -0.25) is 9.59 Å². The number of anilines is 1. The number of carboxylic acid groups (broad SMARTS) is 1. The van der Waals surface area contributed by atoms with Crippen molar-refractivity contribution < 1.29 is 33.4 Å². The number of carbonyl (C=O) groups excluding carboxylic acids is 2. The summed E-state index contributed by atoms with van der Waals surface area (Å²) in [5.74, 6) is -2.01. The minimum Gasteiger partial charge on any atom is -0.493 e. The normalized spacial score (nSPS) is 14.9. The smallest absolute Gasteiger partial charge is 0.407 e. The molecule has 1 atom stereocenters. The van der Waals surface area contributed by atoms with E-state index in [1.807, 2.05) is 13.8 Å². The molecule has 0 fully saturated rings. The molecule has 1 unspecified atom stereocenters. The van der Waals surface area contributed by atoms with E-state index in [1.54, 1.807) is 30.2 Å². The van der Waals surface area contributed by atoms with Crippen molar-refractivity contribution in [3.8, 4) is 5.75 Å². The quantitative estimate of drug-likeness (QED) is 0.297. The Hall–Kier alpha value is -4.62. The predicted octanol–water partition coefficient (Wildman–Crippen LogP) is 3.46. The molecule has 232 valence electrons. The second-order valence-electron chi connectivity index (χ2n) is 11.3. The van der Waals surface area contributed by atoms with E-state index in [0.717, 1.165) is 16.8 Å². The Bertz CT molecular complexity index is 1620. The third-order valence-corrected chi connectivity index (χ3v) is 6.99. The van der Waals surface area contributed by atoms with Crippen LogP contribution in [0.15, 0.2) is 23.0 Å². The number of nitrogens with zero attached hydrogens (tertiary/aromatic N) is 4. The summed E-state index contributed by atoms with van der Waals surface area (Å²) in [5.41, 5.74) is -0.776. The molecule has 1 aliphatic heterocycles. The zero-order valence-electron chi connectivity index (χ0n) is 25.1. The number of hydrogen-bond acceptors (Lipinski definition) is 8. The Balaban J connectivity index is 1.79. The fraction of sp³-hybridized carbons (Fsp3) is 0.483.